The summed E-state index contributed by atoms with van der Waals surface area (Å²) in [5.74, 6) is -0.482. The Morgan fingerprint density at radius 3 is 2.56 bits per heavy atom. The third kappa shape index (κ3) is 3.48. The molecule has 128 valence electrons. The Bertz CT molecular complexity index is 1050. The van der Waals surface area contributed by atoms with Gasteiger partial charge in [0.05, 0.1) is 16.7 Å². The quantitative estimate of drug-likeness (QED) is 0.423. The van der Waals surface area contributed by atoms with Crippen molar-refractivity contribution in [2.24, 2.45) is 7.05 Å². The number of imide groups is 1. The Morgan fingerprint density at radius 1 is 1.20 bits per heavy atom. The molecule has 0 unspecified atom stereocenters. The number of fused-ring (bicyclic) bond motifs is 2. The lowest BCUT2D eigenvalue weighted by Gasteiger charge is -2.09. The van der Waals surface area contributed by atoms with E-state index in [2.05, 4.69) is 15.6 Å². The van der Waals surface area contributed by atoms with Crippen LogP contribution in [0.1, 0.15) is 0 Å². The van der Waals surface area contributed by atoms with Crippen LogP contribution in [-0.2, 0) is 11.8 Å². The van der Waals surface area contributed by atoms with Gasteiger partial charge >= 0.3 is 6.03 Å². The van der Waals surface area contributed by atoms with Crippen LogP contribution in [0.5, 0.6) is 0 Å². The minimum atomic E-state index is -0.572. The molecule has 0 aliphatic carbocycles. The van der Waals surface area contributed by atoms with Gasteiger partial charge in [0.25, 0.3) is 5.56 Å². The average molecular weight is 356 g/mol. The number of hydrogen-bond donors (Lipinski definition) is 2. The molecule has 0 saturated carbocycles. The lowest BCUT2D eigenvalue weighted by atomic mass is 10.1. The molecule has 3 rings (SSSR count). The minimum absolute atomic E-state index is 0.0210. The summed E-state index contributed by atoms with van der Waals surface area (Å²) in [4.78, 5) is 40.0. The van der Waals surface area contributed by atoms with Gasteiger partial charge in [-0.1, -0.05) is 36.0 Å². The SMILES string of the molecule is CNC(=O)NC(=O)CSc1nc2cc3ccccc3cc2c(=O)n1C. The van der Waals surface area contributed by atoms with E-state index >= 15 is 0 Å². The molecule has 1 heterocycles. The molecule has 3 amide bonds. The summed E-state index contributed by atoms with van der Waals surface area (Å²) in [6.07, 6.45) is 0. The van der Waals surface area contributed by atoms with Crippen LogP contribution in [0.25, 0.3) is 21.7 Å². The number of carbonyl (C=O) groups excluding carboxylic acids is 2. The predicted octanol–water partition coefficient (Wildman–Crippen LogP) is 1.63. The summed E-state index contributed by atoms with van der Waals surface area (Å²) in [6.45, 7) is 0. The molecule has 8 heteroatoms. The Labute approximate surface area is 147 Å². The van der Waals surface area contributed by atoms with Crippen LogP contribution in [-0.4, -0.2) is 34.3 Å². The first-order valence-electron chi connectivity index (χ1n) is 7.53. The predicted molar refractivity (Wildman–Crippen MR) is 97.8 cm³/mol. The van der Waals surface area contributed by atoms with Crippen molar-refractivity contribution in [1.29, 1.82) is 0 Å². The van der Waals surface area contributed by atoms with Gasteiger partial charge in [0.1, 0.15) is 0 Å². The molecule has 2 aromatic carbocycles. The first-order chi connectivity index (χ1) is 12.0. The van der Waals surface area contributed by atoms with Crippen LogP contribution in [0.3, 0.4) is 0 Å². The zero-order chi connectivity index (χ0) is 18.0. The van der Waals surface area contributed by atoms with E-state index < -0.39 is 11.9 Å². The van der Waals surface area contributed by atoms with Crippen LogP contribution in [0.15, 0.2) is 46.3 Å². The summed E-state index contributed by atoms with van der Waals surface area (Å²) in [6, 6.07) is 10.9. The summed E-state index contributed by atoms with van der Waals surface area (Å²) in [5, 5.41) is 7.38. The molecule has 0 saturated heterocycles. The van der Waals surface area contributed by atoms with Gasteiger partial charge in [0.2, 0.25) is 5.91 Å². The largest absolute Gasteiger partial charge is 0.341 e. The molecule has 0 aliphatic heterocycles. The summed E-state index contributed by atoms with van der Waals surface area (Å²) in [5.41, 5.74) is 0.404. The molecule has 0 atom stereocenters. The minimum Gasteiger partial charge on any atom is -0.341 e. The standard InChI is InChI=1S/C17H16N4O3S/c1-18-16(24)20-14(22)9-25-17-19-13-8-11-6-4-3-5-10(11)7-12(13)15(23)21(17)2/h3-8H,9H2,1-2H3,(H2,18,20,22,24). The molecule has 0 radical (unpaired) electrons. The number of hydrogen-bond acceptors (Lipinski definition) is 5. The second-order valence-corrected chi connectivity index (χ2v) is 6.33. The van der Waals surface area contributed by atoms with Crippen LogP contribution in [0.2, 0.25) is 0 Å². The fourth-order valence-electron chi connectivity index (χ4n) is 2.42. The number of nitrogens with zero attached hydrogens (tertiary/aromatic N) is 2. The van der Waals surface area contributed by atoms with Crippen LogP contribution in [0.4, 0.5) is 4.79 Å². The Balaban J connectivity index is 1.95. The van der Waals surface area contributed by atoms with E-state index in [0.29, 0.717) is 16.1 Å². The normalized spacial score (nSPS) is 10.8. The highest BCUT2D eigenvalue weighted by Crippen LogP contribution is 2.22. The summed E-state index contributed by atoms with van der Waals surface area (Å²) >= 11 is 1.10. The molecular formula is C17H16N4O3S. The van der Waals surface area contributed by atoms with Gasteiger partial charge in [0.15, 0.2) is 5.16 Å². The highest BCUT2D eigenvalue weighted by atomic mass is 32.2. The number of urea groups is 1. The van der Waals surface area contributed by atoms with E-state index in [-0.39, 0.29) is 11.3 Å². The molecule has 25 heavy (non-hydrogen) atoms. The number of amides is 3. The molecule has 2 N–H and O–H groups in total. The van der Waals surface area contributed by atoms with Crippen molar-refractivity contribution >= 4 is 45.4 Å². The van der Waals surface area contributed by atoms with E-state index in [4.69, 9.17) is 0 Å². The maximum absolute atomic E-state index is 12.6. The lowest BCUT2D eigenvalue weighted by Crippen LogP contribution is -2.38. The molecule has 1 aromatic heterocycles. The molecule has 0 aliphatic rings. The van der Waals surface area contributed by atoms with Crippen molar-refractivity contribution in [2.45, 2.75) is 5.16 Å². The Morgan fingerprint density at radius 2 is 1.88 bits per heavy atom. The first-order valence-corrected chi connectivity index (χ1v) is 8.52. The molecule has 0 spiro atoms. The number of aromatic nitrogens is 2. The van der Waals surface area contributed by atoms with Crippen LogP contribution < -0.4 is 16.2 Å². The Hall–Kier alpha value is -2.87. The maximum atomic E-state index is 12.6. The zero-order valence-corrected chi connectivity index (χ0v) is 14.5. The van der Waals surface area contributed by atoms with Gasteiger partial charge in [-0.15, -0.1) is 0 Å². The molecule has 0 bridgehead atoms. The van der Waals surface area contributed by atoms with E-state index in [9.17, 15) is 14.4 Å². The second kappa shape index (κ2) is 6.94. The monoisotopic (exact) mass is 356 g/mol. The number of nitrogens with one attached hydrogen (secondary N) is 2. The van der Waals surface area contributed by atoms with Crippen molar-refractivity contribution < 1.29 is 9.59 Å². The van der Waals surface area contributed by atoms with Gasteiger partial charge < -0.3 is 5.32 Å². The van der Waals surface area contributed by atoms with Gasteiger partial charge in [-0.05, 0) is 22.9 Å². The number of thioether (sulfide) groups is 1. The maximum Gasteiger partial charge on any atom is 0.321 e. The topological polar surface area (TPSA) is 93.1 Å². The molecule has 0 fully saturated rings. The van der Waals surface area contributed by atoms with E-state index in [1.54, 1.807) is 7.05 Å². The highest BCUT2D eigenvalue weighted by Gasteiger charge is 2.13. The number of carbonyl (C=O) groups is 2. The van der Waals surface area contributed by atoms with Crippen LogP contribution in [0, 0.1) is 0 Å². The third-order valence-electron chi connectivity index (χ3n) is 3.71. The summed E-state index contributed by atoms with van der Waals surface area (Å²) < 4.78 is 1.41. The zero-order valence-electron chi connectivity index (χ0n) is 13.7. The van der Waals surface area contributed by atoms with Gasteiger partial charge in [0, 0.05) is 14.1 Å². The average Bonchev–Trinajstić information content (AvgIpc) is 2.62. The van der Waals surface area contributed by atoms with E-state index in [1.807, 2.05) is 36.4 Å². The fourth-order valence-corrected chi connectivity index (χ4v) is 3.19. The van der Waals surface area contributed by atoms with E-state index in [1.165, 1.54) is 11.6 Å². The fraction of sp³-hybridized carbons (Fsp3) is 0.176. The molecular weight excluding hydrogens is 340 g/mol. The van der Waals surface area contributed by atoms with Crippen molar-refractivity contribution in [3.8, 4) is 0 Å². The number of benzene rings is 2. The van der Waals surface area contributed by atoms with Gasteiger partial charge in [-0.25, -0.2) is 9.78 Å². The molecule has 3 aromatic rings. The molecule has 7 nitrogen and oxygen atoms in total. The third-order valence-corrected chi connectivity index (χ3v) is 4.74. The van der Waals surface area contributed by atoms with E-state index in [0.717, 1.165) is 22.5 Å². The first kappa shape index (κ1) is 17.0. The van der Waals surface area contributed by atoms with Gasteiger partial charge in [-0.2, -0.15) is 0 Å². The van der Waals surface area contributed by atoms with Crippen molar-refractivity contribution in [3.05, 3.63) is 46.8 Å². The van der Waals surface area contributed by atoms with Crippen LogP contribution >= 0.6 is 11.8 Å². The second-order valence-electron chi connectivity index (χ2n) is 5.39. The van der Waals surface area contributed by atoms with Gasteiger partial charge in [-0.3, -0.25) is 19.5 Å². The smallest absolute Gasteiger partial charge is 0.321 e. The lowest BCUT2D eigenvalue weighted by molar-refractivity contribution is -0.117. The Kier molecular flexibility index (Phi) is 4.71. The van der Waals surface area contributed by atoms with Crippen molar-refractivity contribution in [2.75, 3.05) is 12.8 Å². The highest BCUT2D eigenvalue weighted by molar-refractivity contribution is 7.99. The van der Waals surface area contributed by atoms with Crippen molar-refractivity contribution in [3.63, 3.8) is 0 Å². The van der Waals surface area contributed by atoms with Crippen molar-refractivity contribution in [1.82, 2.24) is 20.2 Å². The summed E-state index contributed by atoms with van der Waals surface area (Å²) in [7, 11) is 3.04. The number of rotatable bonds is 3.